The Kier molecular flexibility index (Phi) is 5.24. The van der Waals surface area contributed by atoms with Gasteiger partial charge in [0.2, 0.25) is 0 Å². The number of aryl methyl sites for hydroxylation is 1. The van der Waals surface area contributed by atoms with Gasteiger partial charge in [-0.15, -0.1) is 0 Å². The second-order valence-corrected chi connectivity index (χ2v) is 8.00. The summed E-state index contributed by atoms with van der Waals surface area (Å²) in [5.74, 6) is 0.698. The van der Waals surface area contributed by atoms with E-state index in [2.05, 4.69) is 25.6 Å². The molecule has 1 amide bonds. The summed E-state index contributed by atoms with van der Waals surface area (Å²) < 4.78 is 1.96. The highest BCUT2D eigenvalue weighted by Crippen LogP contribution is 2.33. The summed E-state index contributed by atoms with van der Waals surface area (Å²) in [5, 5.41) is 11.9. The summed E-state index contributed by atoms with van der Waals surface area (Å²) >= 11 is 0. The fourth-order valence-corrected chi connectivity index (χ4v) is 4.07. The number of piperidine rings is 1. The average Bonchev–Trinajstić information content (AvgIpc) is 3.21. The van der Waals surface area contributed by atoms with Gasteiger partial charge < -0.3 is 16.4 Å². The van der Waals surface area contributed by atoms with E-state index in [1.165, 1.54) is 6.33 Å². The Morgan fingerprint density at radius 2 is 2.03 bits per heavy atom. The lowest BCUT2D eigenvalue weighted by molar-refractivity contribution is 0.102. The van der Waals surface area contributed by atoms with Crippen LogP contribution in [0.5, 0.6) is 0 Å². The van der Waals surface area contributed by atoms with Gasteiger partial charge in [0.15, 0.2) is 5.65 Å². The molecule has 0 bridgehead atoms. The zero-order valence-corrected chi connectivity index (χ0v) is 17.7. The number of hydrogen-bond acceptors (Lipinski definition) is 7. The highest BCUT2D eigenvalue weighted by Gasteiger charge is 2.23. The van der Waals surface area contributed by atoms with E-state index in [9.17, 15) is 4.79 Å². The molecule has 9 nitrogen and oxygen atoms in total. The van der Waals surface area contributed by atoms with E-state index in [0.717, 1.165) is 53.8 Å². The minimum atomic E-state index is -0.221. The first-order valence-electron chi connectivity index (χ1n) is 10.6. The first-order valence-corrected chi connectivity index (χ1v) is 10.6. The van der Waals surface area contributed by atoms with Gasteiger partial charge in [0.05, 0.1) is 11.4 Å². The van der Waals surface area contributed by atoms with E-state index in [1.54, 1.807) is 18.3 Å². The zero-order valence-electron chi connectivity index (χ0n) is 17.7. The normalized spacial score (nSPS) is 16.2. The van der Waals surface area contributed by atoms with Crippen LogP contribution in [-0.2, 0) is 0 Å². The van der Waals surface area contributed by atoms with Crippen LogP contribution in [0.15, 0.2) is 48.9 Å². The predicted molar refractivity (Wildman–Crippen MR) is 123 cm³/mol. The van der Waals surface area contributed by atoms with Crippen molar-refractivity contribution in [2.75, 3.05) is 24.1 Å². The minimum absolute atomic E-state index is 0.209. The highest BCUT2D eigenvalue weighted by molar-refractivity contribution is 6.04. The van der Waals surface area contributed by atoms with Crippen molar-refractivity contribution >= 4 is 28.6 Å². The van der Waals surface area contributed by atoms with Crippen molar-refractivity contribution in [3.05, 3.63) is 60.0 Å². The molecule has 0 saturated carbocycles. The van der Waals surface area contributed by atoms with E-state index in [1.807, 2.05) is 35.9 Å². The average molecular weight is 429 g/mol. The van der Waals surface area contributed by atoms with Crippen molar-refractivity contribution in [3.63, 3.8) is 0 Å². The molecule has 4 N–H and O–H groups in total. The lowest BCUT2D eigenvalue weighted by atomic mass is 10.1. The molecule has 0 radical (unpaired) electrons. The molecule has 0 unspecified atom stereocenters. The molecule has 162 valence electrons. The standard InChI is InChI=1S/C23H24N8O/c1-14-8-10-26-18(11-14)29-23(32)16-6-4-15(5-7-16)20-19-21(24)27-13-28-22(19)31(30-20)17-3-2-9-25-12-17/h4-8,10-11,13,17,25H,2-3,9,12H2,1H3,(H2,24,27,28)(H,26,29,32)/t17-/m1/s1. The van der Waals surface area contributed by atoms with Crippen LogP contribution in [0, 0.1) is 6.92 Å². The van der Waals surface area contributed by atoms with Gasteiger partial charge in [-0.1, -0.05) is 12.1 Å². The number of nitrogens with one attached hydrogen (secondary N) is 2. The van der Waals surface area contributed by atoms with Crippen LogP contribution in [0.3, 0.4) is 0 Å². The Labute approximate surface area is 185 Å². The van der Waals surface area contributed by atoms with Gasteiger partial charge in [0, 0.05) is 23.9 Å². The summed E-state index contributed by atoms with van der Waals surface area (Å²) in [4.78, 5) is 25.5. The van der Waals surface area contributed by atoms with Gasteiger partial charge in [-0.2, -0.15) is 5.10 Å². The van der Waals surface area contributed by atoms with E-state index in [4.69, 9.17) is 10.8 Å². The number of anilines is 2. The Morgan fingerprint density at radius 3 is 2.78 bits per heavy atom. The van der Waals surface area contributed by atoms with Crippen LogP contribution in [0.25, 0.3) is 22.3 Å². The smallest absolute Gasteiger partial charge is 0.256 e. The second-order valence-electron chi connectivity index (χ2n) is 8.00. The summed E-state index contributed by atoms with van der Waals surface area (Å²) in [7, 11) is 0. The van der Waals surface area contributed by atoms with Crippen LogP contribution in [0.2, 0.25) is 0 Å². The number of amides is 1. The number of nitrogens with zero attached hydrogens (tertiary/aromatic N) is 5. The molecule has 0 spiro atoms. The summed E-state index contributed by atoms with van der Waals surface area (Å²) in [6, 6.07) is 11.2. The number of hydrogen-bond donors (Lipinski definition) is 3. The Morgan fingerprint density at radius 1 is 1.19 bits per heavy atom. The number of carbonyl (C=O) groups is 1. The van der Waals surface area contributed by atoms with Crippen molar-refractivity contribution in [2.45, 2.75) is 25.8 Å². The molecule has 5 rings (SSSR count). The highest BCUT2D eigenvalue weighted by atomic mass is 16.1. The second kappa shape index (κ2) is 8.35. The fourth-order valence-electron chi connectivity index (χ4n) is 4.07. The molecule has 0 aliphatic carbocycles. The van der Waals surface area contributed by atoms with Crippen LogP contribution in [0.4, 0.5) is 11.6 Å². The number of pyridine rings is 1. The first kappa shape index (κ1) is 20.1. The van der Waals surface area contributed by atoms with Crippen molar-refractivity contribution in [1.82, 2.24) is 30.0 Å². The molecule has 1 atom stereocenters. The Bertz CT molecular complexity index is 1280. The summed E-state index contributed by atoms with van der Waals surface area (Å²) in [6.45, 7) is 3.81. The first-order chi connectivity index (χ1) is 15.6. The molecule has 1 aliphatic heterocycles. The van der Waals surface area contributed by atoms with Gasteiger partial charge in [-0.05, 0) is 56.1 Å². The third-order valence-electron chi connectivity index (χ3n) is 5.71. The van der Waals surface area contributed by atoms with E-state index in [0.29, 0.717) is 17.2 Å². The number of carbonyl (C=O) groups excluding carboxylic acids is 1. The number of aromatic nitrogens is 5. The Balaban J connectivity index is 1.47. The van der Waals surface area contributed by atoms with Crippen molar-refractivity contribution in [2.24, 2.45) is 0 Å². The molecule has 1 saturated heterocycles. The molecular weight excluding hydrogens is 404 g/mol. The fraction of sp³-hybridized carbons (Fsp3) is 0.261. The molecular formula is C23H24N8O. The van der Waals surface area contributed by atoms with Gasteiger partial charge in [0.1, 0.15) is 23.7 Å². The monoisotopic (exact) mass is 428 g/mol. The van der Waals surface area contributed by atoms with Crippen molar-refractivity contribution in [3.8, 4) is 11.3 Å². The Hall–Kier alpha value is -3.85. The SMILES string of the molecule is Cc1ccnc(NC(=O)c2ccc(-c3nn([C@@H]4CCCNC4)c4ncnc(N)c34)cc2)c1. The largest absolute Gasteiger partial charge is 0.383 e. The molecule has 4 aromatic rings. The molecule has 1 fully saturated rings. The number of nitrogens with two attached hydrogens (primary N) is 1. The number of fused-ring (bicyclic) bond motifs is 1. The van der Waals surface area contributed by atoms with Gasteiger partial charge in [-0.3, -0.25) is 4.79 Å². The van der Waals surface area contributed by atoms with Gasteiger partial charge in [0.25, 0.3) is 5.91 Å². The van der Waals surface area contributed by atoms with Crippen molar-refractivity contribution in [1.29, 1.82) is 0 Å². The topological polar surface area (TPSA) is 124 Å². The minimum Gasteiger partial charge on any atom is -0.383 e. The quantitative estimate of drug-likeness (QED) is 0.456. The number of rotatable bonds is 4. The maximum Gasteiger partial charge on any atom is 0.256 e. The van der Waals surface area contributed by atoms with Crippen LogP contribution < -0.4 is 16.4 Å². The third kappa shape index (κ3) is 3.78. The number of nitrogen functional groups attached to an aromatic ring is 1. The van der Waals surface area contributed by atoms with Gasteiger partial charge >= 0.3 is 0 Å². The van der Waals surface area contributed by atoms with Crippen LogP contribution >= 0.6 is 0 Å². The predicted octanol–water partition coefficient (Wildman–Crippen LogP) is 2.96. The molecule has 1 aromatic carbocycles. The summed E-state index contributed by atoms with van der Waals surface area (Å²) in [5.41, 5.74) is 10.1. The molecule has 9 heteroatoms. The molecule has 4 heterocycles. The van der Waals surface area contributed by atoms with Crippen molar-refractivity contribution < 1.29 is 4.79 Å². The van der Waals surface area contributed by atoms with Gasteiger partial charge in [-0.25, -0.2) is 19.6 Å². The van der Waals surface area contributed by atoms with E-state index >= 15 is 0 Å². The number of benzene rings is 1. The third-order valence-corrected chi connectivity index (χ3v) is 5.71. The van der Waals surface area contributed by atoms with E-state index in [-0.39, 0.29) is 11.9 Å². The molecule has 32 heavy (non-hydrogen) atoms. The maximum absolute atomic E-state index is 12.6. The molecule has 1 aliphatic rings. The van der Waals surface area contributed by atoms with Crippen LogP contribution in [-0.4, -0.2) is 43.7 Å². The zero-order chi connectivity index (χ0) is 22.1. The lowest BCUT2D eigenvalue weighted by Gasteiger charge is -2.23. The lowest BCUT2D eigenvalue weighted by Crippen LogP contribution is -2.32. The van der Waals surface area contributed by atoms with Crippen LogP contribution in [0.1, 0.15) is 34.8 Å². The summed E-state index contributed by atoms with van der Waals surface area (Å²) in [6.07, 6.45) is 5.26. The molecule has 3 aromatic heterocycles. The van der Waals surface area contributed by atoms with E-state index < -0.39 is 0 Å². The maximum atomic E-state index is 12.6.